The summed E-state index contributed by atoms with van der Waals surface area (Å²) in [5.41, 5.74) is 1.75. The zero-order valence-electron chi connectivity index (χ0n) is 14.3. The third-order valence-corrected chi connectivity index (χ3v) is 4.52. The van der Waals surface area contributed by atoms with Crippen LogP contribution in [0.15, 0.2) is 6.33 Å². The molecule has 1 saturated heterocycles. The first-order chi connectivity index (χ1) is 11.2. The molecule has 3 N–H and O–H groups in total. The minimum atomic E-state index is 0.395. The molecule has 1 atom stereocenters. The highest BCUT2D eigenvalue weighted by molar-refractivity contribution is 5.84. The van der Waals surface area contributed by atoms with Crippen molar-refractivity contribution < 1.29 is 0 Å². The predicted octanol–water partition coefficient (Wildman–Crippen LogP) is 2.22. The topological polar surface area (TPSA) is 79.7 Å². The summed E-state index contributed by atoms with van der Waals surface area (Å²) in [6.45, 7) is 9.33. The molecule has 0 radical (unpaired) electrons. The normalized spacial score (nSPS) is 18.0. The second-order valence-electron chi connectivity index (χ2n) is 6.09. The van der Waals surface area contributed by atoms with E-state index in [2.05, 4.69) is 46.3 Å². The predicted molar refractivity (Wildman–Crippen MR) is 93.9 cm³/mol. The Morgan fingerprint density at radius 1 is 1.30 bits per heavy atom. The van der Waals surface area contributed by atoms with Crippen molar-refractivity contribution in [1.82, 2.24) is 24.8 Å². The summed E-state index contributed by atoms with van der Waals surface area (Å²) in [4.78, 5) is 13.9. The van der Waals surface area contributed by atoms with Crippen LogP contribution in [0.1, 0.15) is 40.0 Å². The molecule has 23 heavy (non-hydrogen) atoms. The molecule has 0 amide bonds. The Balaban J connectivity index is 1.96. The zero-order chi connectivity index (χ0) is 16.2. The summed E-state index contributed by atoms with van der Waals surface area (Å²) in [5.74, 6) is 1.53. The maximum atomic E-state index is 4.71. The largest absolute Gasteiger partial charge is 0.364 e. The van der Waals surface area contributed by atoms with Crippen molar-refractivity contribution in [2.45, 2.75) is 58.7 Å². The molecular weight excluding hydrogens is 290 g/mol. The molecule has 3 rings (SSSR count). The van der Waals surface area contributed by atoms with E-state index in [1.807, 2.05) is 6.33 Å². The van der Waals surface area contributed by atoms with Crippen molar-refractivity contribution in [3.05, 3.63) is 6.33 Å². The molecule has 7 heteroatoms. The smallest absolute Gasteiger partial charge is 0.227 e. The van der Waals surface area contributed by atoms with Crippen LogP contribution in [0.2, 0.25) is 0 Å². The third-order valence-electron chi connectivity index (χ3n) is 4.52. The van der Waals surface area contributed by atoms with Gasteiger partial charge in [-0.25, -0.2) is 4.98 Å². The Kier molecular flexibility index (Phi) is 4.95. The molecule has 126 valence electrons. The van der Waals surface area contributed by atoms with Crippen molar-refractivity contribution in [2.75, 3.05) is 23.7 Å². The van der Waals surface area contributed by atoms with Gasteiger partial charge in [0.2, 0.25) is 5.95 Å². The SMILES string of the molecule is CCC(CC)Nc1nc(NC2CCNC2)c2ncn(CC)c2n1. The number of aryl methyl sites for hydroxylation is 1. The molecule has 0 saturated carbocycles. The van der Waals surface area contributed by atoms with Crippen molar-refractivity contribution in [2.24, 2.45) is 0 Å². The molecule has 1 aliphatic heterocycles. The lowest BCUT2D eigenvalue weighted by Crippen LogP contribution is -2.24. The number of aromatic nitrogens is 4. The number of imidazole rings is 1. The Morgan fingerprint density at radius 3 is 2.78 bits per heavy atom. The monoisotopic (exact) mass is 317 g/mol. The van der Waals surface area contributed by atoms with Gasteiger partial charge in [0.15, 0.2) is 17.0 Å². The Bertz CT molecular complexity index is 641. The van der Waals surface area contributed by atoms with Gasteiger partial charge in [0.25, 0.3) is 0 Å². The molecule has 1 fully saturated rings. The van der Waals surface area contributed by atoms with Crippen LogP contribution < -0.4 is 16.0 Å². The van der Waals surface area contributed by atoms with Gasteiger partial charge in [-0.1, -0.05) is 13.8 Å². The molecule has 1 aliphatic rings. The second-order valence-corrected chi connectivity index (χ2v) is 6.09. The number of anilines is 2. The summed E-state index contributed by atoms with van der Waals surface area (Å²) >= 11 is 0. The fraction of sp³-hybridized carbons (Fsp3) is 0.688. The minimum absolute atomic E-state index is 0.395. The zero-order valence-corrected chi connectivity index (χ0v) is 14.3. The molecule has 7 nitrogen and oxygen atoms in total. The first kappa shape index (κ1) is 16.0. The lowest BCUT2D eigenvalue weighted by molar-refractivity contribution is 0.664. The molecule has 0 spiro atoms. The van der Waals surface area contributed by atoms with E-state index in [1.165, 1.54) is 0 Å². The molecule has 2 aromatic heterocycles. The Hall–Kier alpha value is -1.89. The van der Waals surface area contributed by atoms with Crippen molar-refractivity contribution in [3.63, 3.8) is 0 Å². The summed E-state index contributed by atoms with van der Waals surface area (Å²) in [6, 6.07) is 0.798. The van der Waals surface area contributed by atoms with E-state index in [9.17, 15) is 0 Å². The van der Waals surface area contributed by atoms with Gasteiger partial charge < -0.3 is 20.5 Å². The fourth-order valence-corrected chi connectivity index (χ4v) is 2.99. The van der Waals surface area contributed by atoms with E-state index in [0.717, 1.165) is 55.9 Å². The standard InChI is InChI=1S/C16H27N7/c1-4-11(5-2)20-16-21-14(19-12-7-8-17-9-12)13-15(22-16)23(6-3)10-18-13/h10-12,17H,4-9H2,1-3H3,(H2,19,20,21,22). The van der Waals surface area contributed by atoms with Gasteiger partial charge in [-0.2, -0.15) is 9.97 Å². The quantitative estimate of drug-likeness (QED) is 0.726. The van der Waals surface area contributed by atoms with E-state index in [0.29, 0.717) is 18.0 Å². The molecule has 0 aromatic carbocycles. The number of fused-ring (bicyclic) bond motifs is 1. The van der Waals surface area contributed by atoms with Gasteiger partial charge >= 0.3 is 0 Å². The van der Waals surface area contributed by atoms with Crippen LogP contribution in [-0.4, -0.2) is 44.7 Å². The first-order valence-corrected chi connectivity index (χ1v) is 8.71. The van der Waals surface area contributed by atoms with Crippen LogP contribution in [-0.2, 0) is 6.54 Å². The highest BCUT2D eigenvalue weighted by Gasteiger charge is 2.19. The average Bonchev–Trinajstić information content (AvgIpc) is 3.21. The summed E-state index contributed by atoms with van der Waals surface area (Å²) in [5, 5.41) is 10.4. The molecule has 1 unspecified atom stereocenters. The number of hydrogen-bond acceptors (Lipinski definition) is 6. The summed E-state index contributed by atoms with van der Waals surface area (Å²) in [6.07, 6.45) is 5.06. The van der Waals surface area contributed by atoms with E-state index < -0.39 is 0 Å². The third kappa shape index (κ3) is 3.39. The van der Waals surface area contributed by atoms with E-state index in [-0.39, 0.29) is 0 Å². The van der Waals surface area contributed by atoms with E-state index in [1.54, 1.807) is 0 Å². The fourth-order valence-electron chi connectivity index (χ4n) is 2.99. The van der Waals surface area contributed by atoms with Crippen LogP contribution in [0.4, 0.5) is 11.8 Å². The maximum absolute atomic E-state index is 4.71. The van der Waals surface area contributed by atoms with Gasteiger partial charge in [0.05, 0.1) is 6.33 Å². The molecule has 0 bridgehead atoms. The number of hydrogen-bond donors (Lipinski definition) is 3. The molecule has 3 heterocycles. The maximum Gasteiger partial charge on any atom is 0.227 e. The highest BCUT2D eigenvalue weighted by atomic mass is 15.2. The highest BCUT2D eigenvalue weighted by Crippen LogP contribution is 2.23. The second kappa shape index (κ2) is 7.12. The van der Waals surface area contributed by atoms with Crippen molar-refractivity contribution in [3.8, 4) is 0 Å². The van der Waals surface area contributed by atoms with Crippen molar-refractivity contribution in [1.29, 1.82) is 0 Å². The van der Waals surface area contributed by atoms with Gasteiger partial charge in [0.1, 0.15) is 0 Å². The number of nitrogens with zero attached hydrogens (tertiary/aromatic N) is 4. The van der Waals surface area contributed by atoms with Crippen LogP contribution in [0.25, 0.3) is 11.2 Å². The number of nitrogens with one attached hydrogen (secondary N) is 3. The average molecular weight is 317 g/mol. The summed E-state index contributed by atoms with van der Waals surface area (Å²) < 4.78 is 2.06. The van der Waals surface area contributed by atoms with E-state index in [4.69, 9.17) is 9.97 Å². The van der Waals surface area contributed by atoms with Gasteiger partial charge in [-0.3, -0.25) is 0 Å². The van der Waals surface area contributed by atoms with Crippen LogP contribution in [0, 0.1) is 0 Å². The first-order valence-electron chi connectivity index (χ1n) is 8.71. The number of rotatable bonds is 7. The molecule has 0 aliphatic carbocycles. The lowest BCUT2D eigenvalue weighted by atomic mass is 10.2. The van der Waals surface area contributed by atoms with Crippen molar-refractivity contribution >= 4 is 22.9 Å². The Morgan fingerprint density at radius 2 is 2.13 bits per heavy atom. The lowest BCUT2D eigenvalue weighted by Gasteiger charge is -2.17. The molecular formula is C16H27N7. The minimum Gasteiger partial charge on any atom is -0.364 e. The Labute approximate surface area is 137 Å². The van der Waals surface area contributed by atoms with E-state index >= 15 is 0 Å². The van der Waals surface area contributed by atoms with Crippen LogP contribution in [0.5, 0.6) is 0 Å². The summed E-state index contributed by atoms with van der Waals surface area (Å²) in [7, 11) is 0. The van der Waals surface area contributed by atoms with Crippen LogP contribution >= 0.6 is 0 Å². The van der Waals surface area contributed by atoms with Gasteiger partial charge in [-0.15, -0.1) is 0 Å². The van der Waals surface area contributed by atoms with Gasteiger partial charge in [0, 0.05) is 25.2 Å². The molecule has 2 aromatic rings. The van der Waals surface area contributed by atoms with Gasteiger partial charge in [-0.05, 0) is 32.7 Å². The van der Waals surface area contributed by atoms with Crippen LogP contribution in [0.3, 0.4) is 0 Å².